The van der Waals surface area contributed by atoms with E-state index >= 15 is 0 Å². The van der Waals surface area contributed by atoms with Gasteiger partial charge in [-0.1, -0.05) is 6.07 Å². The second-order valence-corrected chi connectivity index (χ2v) is 6.63. The highest BCUT2D eigenvalue weighted by Gasteiger charge is 2.10. The van der Waals surface area contributed by atoms with Crippen molar-refractivity contribution in [3.63, 3.8) is 0 Å². The maximum atomic E-state index is 5.65. The van der Waals surface area contributed by atoms with Gasteiger partial charge in [-0.05, 0) is 53.3 Å². The zero-order valence-corrected chi connectivity index (χ0v) is 14.1. The van der Waals surface area contributed by atoms with Gasteiger partial charge in [-0.25, -0.2) is 0 Å². The van der Waals surface area contributed by atoms with Crippen LogP contribution in [0.5, 0.6) is 5.75 Å². The molecule has 2 aromatic heterocycles. The monoisotopic (exact) mass is 368 g/mol. The summed E-state index contributed by atoms with van der Waals surface area (Å²) in [6, 6.07) is 8.14. The molecule has 0 atom stereocenters. The number of thiophene rings is 1. The van der Waals surface area contributed by atoms with E-state index in [1.165, 1.54) is 4.88 Å². The summed E-state index contributed by atoms with van der Waals surface area (Å²) in [7, 11) is 0. The first kappa shape index (κ1) is 13.9. The fourth-order valence-electron chi connectivity index (χ4n) is 2.18. The van der Waals surface area contributed by atoms with Crippen molar-refractivity contribution in [3.8, 4) is 5.75 Å². The van der Waals surface area contributed by atoms with Gasteiger partial charge in [0, 0.05) is 14.7 Å². The average Bonchev–Trinajstić information content (AvgIpc) is 2.97. The quantitative estimate of drug-likeness (QED) is 0.658. The van der Waals surface area contributed by atoms with E-state index in [1.54, 1.807) is 11.3 Å². The van der Waals surface area contributed by atoms with Gasteiger partial charge in [0.25, 0.3) is 0 Å². The molecule has 0 aliphatic heterocycles. The third-order valence-electron chi connectivity index (χ3n) is 3.01. The number of benzene rings is 1. The number of aromatic nitrogens is 2. The Morgan fingerprint density at radius 3 is 3.00 bits per heavy atom. The van der Waals surface area contributed by atoms with Crippen molar-refractivity contribution in [2.45, 2.75) is 13.5 Å². The Bertz CT molecular complexity index is 803. The number of aromatic amines is 1. The Kier molecular flexibility index (Phi) is 3.96. The fraction of sp³-hybridized carbons (Fsp3) is 0.214. The number of hydrogen-bond donors (Lipinski definition) is 1. The molecule has 0 radical (unpaired) electrons. The van der Waals surface area contributed by atoms with Crippen LogP contribution in [0.1, 0.15) is 11.8 Å². The van der Waals surface area contributed by atoms with Gasteiger partial charge >= 0.3 is 0 Å². The highest BCUT2D eigenvalue weighted by Crippen LogP contribution is 2.27. The van der Waals surface area contributed by atoms with Crippen LogP contribution < -0.4 is 4.74 Å². The van der Waals surface area contributed by atoms with Crippen LogP contribution in [0.4, 0.5) is 0 Å². The van der Waals surface area contributed by atoms with Crippen molar-refractivity contribution in [2.24, 2.45) is 0 Å². The van der Waals surface area contributed by atoms with Gasteiger partial charge in [-0.15, -0.1) is 11.3 Å². The first-order valence-electron chi connectivity index (χ1n) is 6.26. The lowest BCUT2D eigenvalue weighted by Gasteiger charge is -2.05. The minimum atomic E-state index is 0.642. The second-order valence-electron chi connectivity index (χ2n) is 4.33. The molecule has 3 nitrogen and oxygen atoms in total. The molecule has 0 saturated heterocycles. The predicted octanol–water partition coefficient (Wildman–Crippen LogP) is 4.97. The summed E-state index contributed by atoms with van der Waals surface area (Å²) in [6.07, 6.45) is 0. The van der Waals surface area contributed by atoms with Gasteiger partial charge < -0.3 is 14.3 Å². The highest BCUT2D eigenvalue weighted by molar-refractivity contribution is 9.10. The predicted molar refractivity (Wildman–Crippen MR) is 89.4 cm³/mol. The normalized spacial score (nSPS) is 11.1. The molecule has 0 amide bonds. The van der Waals surface area contributed by atoms with Crippen LogP contribution >= 0.6 is 39.5 Å². The minimum Gasteiger partial charge on any atom is -0.492 e. The second kappa shape index (κ2) is 5.71. The summed E-state index contributed by atoms with van der Waals surface area (Å²) in [4.78, 5) is 4.51. The molecule has 0 saturated carbocycles. The Morgan fingerprint density at radius 2 is 2.30 bits per heavy atom. The lowest BCUT2D eigenvalue weighted by Crippen LogP contribution is -1.97. The minimum absolute atomic E-state index is 0.642. The molecule has 0 spiro atoms. The van der Waals surface area contributed by atoms with Crippen LogP contribution in [0, 0.1) is 4.77 Å². The molecule has 20 heavy (non-hydrogen) atoms. The van der Waals surface area contributed by atoms with Gasteiger partial charge in [0.15, 0.2) is 4.77 Å². The number of imidazole rings is 1. The third kappa shape index (κ3) is 2.55. The Balaban J connectivity index is 2.09. The molecule has 1 N–H and O–H groups in total. The molecule has 0 aliphatic rings. The molecule has 1 aromatic carbocycles. The molecule has 0 aliphatic carbocycles. The Morgan fingerprint density at radius 1 is 1.45 bits per heavy atom. The molecule has 104 valence electrons. The topological polar surface area (TPSA) is 29.9 Å². The van der Waals surface area contributed by atoms with Crippen LogP contribution in [0.3, 0.4) is 0 Å². The zero-order chi connectivity index (χ0) is 14.1. The van der Waals surface area contributed by atoms with Gasteiger partial charge in [0.1, 0.15) is 11.3 Å². The van der Waals surface area contributed by atoms with Crippen LogP contribution in [0.2, 0.25) is 0 Å². The summed E-state index contributed by atoms with van der Waals surface area (Å²) >= 11 is 10.7. The van der Waals surface area contributed by atoms with Crippen LogP contribution in [-0.4, -0.2) is 16.2 Å². The van der Waals surface area contributed by atoms with Crippen LogP contribution in [0.25, 0.3) is 11.0 Å². The average molecular weight is 369 g/mol. The number of fused-ring (bicyclic) bond motifs is 1. The number of para-hydroxylation sites is 1. The summed E-state index contributed by atoms with van der Waals surface area (Å²) in [5.74, 6) is 0.849. The van der Waals surface area contributed by atoms with Crippen molar-refractivity contribution in [2.75, 3.05) is 6.61 Å². The first-order valence-corrected chi connectivity index (χ1v) is 8.34. The van der Waals surface area contributed by atoms with E-state index in [0.29, 0.717) is 6.61 Å². The number of nitrogens with zero attached hydrogens (tertiary/aromatic N) is 1. The standard InChI is InChI=1S/C14H13BrN2OS2/c1-2-18-12-5-3-4-11-13(12)16-14(19)17(11)7-10-6-9(15)8-20-10/h3-6,8H,2,7H2,1H3,(H,16,19). The van der Waals surface area contributed by atoms with Gasteiger partial charge in [-0.3, -0.25) is 0 Å². The molecule has 6 heteroatoms. The maximum Gasteiger partial charge on any atom is 0.178 e. The van der Waals surface area contributed by atoms with Crippen molar-refractivity contribution < 1.29 is 4.74 Å². The number of H-pyrrole nitrogens is 1. The highest BCUT2D eigenvalue weighted by atomic mass is 79.9. The zero-order valence-electron chi connectivity index (χ0n) is 10.9. The van der Waals surface area contributed by atoms with Crippen molar-refractivity contribution in [1.29, 1.82) is 0 Å². The van der Waals surface area contributed by atoms with E-state index in [4.69, 9.17) is 17.0 Å². The number of halogens is 1. The summed E-state index contributed by atoms with van der Waals surface area (Å²) in [5, 5.41) is 2.08. The Labute approximate surface area is 134 Å². The van der Waals surface area contributed by atoms with Crippen LogP contribution in [-0.2, 0) is 6.54 Å². The van der Waals surface area contributed by atoms with E-state index < -0.39 is 0 Å². The van der Waals surface area contributed by atoms with E-state index in [9.17, 15) is 0 Å². The number of rotatable bonds is 4. The maximum absolute atomic E-state index is 5.65. The van der Waals surface area contributed by atoms with E-state index in [2.05, 4.69) is 43.0 Å². The van der Waals surface area contributed by atoms with Gasteiger partial charge in [-0.2, -0.15) is 0 Å². The molecule has 2 heterocycles. The Hall–Kier alpha value is -1.11. The number of ether oxygens (including phenoxy) is 1. The smallest absolute Gasteiger partial charge is 0.178 e. The summed E-state index contributed by atoms with van der Waals surface area (Å²) in [5.41, 5.74) is 2.04. The molecule has 3 rings (SSSR count). The molecule has 0 bridgehead atoms. The summed E-state index contributed by atoms with van der Waals surface area (Å²) < 4.78 is 9.58. The summed E-state index contributed by atoms with van der Waals surface area (Å²) in [6.45, 7) is 3.39. The molecular formula is C14H13BrN2OS2. The molecular weight excluding hydrogens is 356 g/mol. The van der Waals surface area contributed by atoms with Crippen molar-refractivity contribution >= 4 is 50.5 Å². The van der Waals surface area contributed by atoms with E-state index in [0.717, 1.165) is 32.6 Å². The van der Waals surface area contributed by atoms with Crippen LogP contribution in [0.15, 0.2) is 34.1 Å². The van der Waals surface area contributed by atoms with Crippen molar-refractivity contribution in [1.82, 2.24) is 9.55 Å². The number of hydrogen-bond acceptors (Lipinski definition) is 3. The number of nitrogens with one attached hydrogen (secondary N) is 1. The largest absolute Gasteiger partial charge is 0.492 e. The molecule has 0 unspecified atom stereocenters. The van der Waals surface area contributed by atoms with Crippen molar-refractivity contribution in [3.05, 3.63) is 43.8 Å². The molecule has 0 fully saturated rings. The first-order chi connectivity index (χ1) is 9.69. The fourth-order valence-corrected chi connectivity index (χ4v) is 3.88. The SMILES string of the molecule is CCOc1cccc2c1[nH]c(=S)n2Cc1cc(Br)cs1. The van der Waals surface area contributed by atoms with Gasteiger partial charge in [0.2, 0.25) is 0 Å². The third-order valence-corrected chi connectivity index (χ3v) is 5.01. The molecule has 3 aromatic rings. The van der Waals surface area contributed by atoms with E-state index in [1.807, 2.05) is 19.1 Å². The van der Waals surface area contributed by atoms with Gasteiger partial charge in [0.05, 0.1) is 18.7 Å². The van der Waals surface area contributed by atoms with E-state index in [-0.39, 0.29) is 0 Å². The lowest BCUT2D eigenvalue weighted by atomic mass is 10.3. The lowest BCUT2D eigenvalue weighted by molar-refractivity contribution is 0.343.